The number of ether oxygens (including phenoxy) is 2. The molecule has 0 aromatic carbocycles. The lowest BCUT2D eigenvalue weighted by Gasteiger charge is -2.28. The monoisotopic (exact) mass is 325 g/mol. The third kappa shape index (κ3) is 7.06. The Morgan fingerprint density at radius 2 is 2.17 bits per heavy atom. The number of allylic oxidation sites excluding steroid dienone is 1. The fourth-order valence-corrected chi connectivity index (χ4v) is 2.72. The lowest BCUT2D eigenvalue weighted by molar-refractivity contribution is -0.145. The topological polar surface area (TPSA) is 64.6 Å². The number of hydrogen-bond donors (Lipinski definition) is 1. The van der Waals surface area contributed by atoms with Crippen LogP contribution in [0.4, 0.5) is 4.79 Å². The summed E-state index contributed by atoms with van der Waals surface area (Å²) in [6.07, 6.45) is 4.45. The molecule has 0 radical (unpaired) electrons. The van der Waals surface area contributed by atoms with Crippen LogP contribution in [0, 0.1) is 11.8 Å². The van der Waals surface area contributed by atoms with Gasteiger partial charge in [0.05, 0.1) is 12.0 Å². The van der Waals surface area contributed by atoms with E-state index >= 15 is 0 Å². The number of nitrogens with one attached hydrogen (secondary N) is 1. The minimum atomic E-state index is -0.553. The number of hydrogen-bond acceptors (Lipinski definition) is 4. The molecule has 0 spiro atoms. The van der Waals surface area contributed by atoms with Crippen molar-refractivity contribution in [2.45, 2.75) is 78.0 Å². The molecule has 0 bridgehead atoms. The first-order chi connectivity index (χ1) is 10.6. The van der Waals surface area contributed by atoms with E-state index in [9.17, 15) is 9.59 Å². The van der Waals surface area contributed by atoms with Crippen LogP contribution in [0.2, 0.25) is 0 Å². The molecule has 1 aliphatic heterocycles. The van der Waals surface area contributed by atoms with E-state index in [0.29, 0.717) is 12.3 Å². The largest absolute Gasteiger partial charge is 0.460 e. The van der Waals surface area contributed by atoms with Crippen molar-refractivity contribution in [3.8, 4) is 0 Å². The van der Waals surface area contributed by atoms with Crippen LogP contribution in [0.25, 0.3) is 0 Å². The smallest absolute Gasteiger partial charge is 0.408 e. The minimum Gasteiger partial charge on any atom is -0.460 e. The standard InChI is InChI=1S/C18H31NO4/c1-7-8-9-12(2)10-14(15-11-13(3)16(20)22-15)19-17(21)23-18(4,5)6/h7,12-15H,1,8-11H2,2-6H3,(H,19,21). The first kappa shape index (κ1) is 19.5. The Labute approximate surface area is 139 Å². The van der Waals surface area contributed by atoms with Crippen molar-refractivity contribution in [1.29, 1.82) is 0 Å². The molecule has 0 aliphatic carbocycles. The summed E-state index contributed by atoms with van der Waals surface area (Å²) < 4.78 is 10.8. The average molecular weight is 325 g/mol. The summed E-state index contributed by atoms with van der Waals surface area (Å²) in [7, 11) is 0. The molecule has 0 saturated carbocycles. The van der Waals surface area contributed by atoms with Gasteiger partial charge in [-0.1, -0.05) is 19.9 Å². The van der Waals surface area contributed by atoms with Gasteiger partial charge in [-0.25, -0.2) is 4.79 Å². The molecule has 1 N–H and O–H groups in total. The van der Waals surface area contributed by atoms with Gasteiger partial charge >= 0.3 is 12.1 Å². The summed E-state index contributed by atoms with van der Waals surface area (Å²) in [5.74, 6) is 0.0821. The van der Waals surface area contributed by atoms with Gasteiger partial charge in [0.2, 0.25) is 0 Å². The number of esters is 1. The van der Waals surface area contributed by atoms with Crippen LogP contribution in [-0.2, 0) is 14.3 Å². The van der Waals surface area contributed by atoms with Gasteiger partial charge in [0, 0.05) is 0 Å². The predicted molar refractivity (Wildman–Crippen MR) is 90.0 cm³/mol. The molecule has 5 heteroatoms. The number of cyclic esters (lactones) is 1. The Hall–Kier alpha value is -1.52. The van der Waals surface area contributed by atoms with Gasteiger partial charge < -0.3 is 14.8 Å². The summed E-state index contributed by atoms with van der Waals surface area (Å²) in [5.41, 5.74) is -0.553. The maximum atomic E-state index is 12.1. The van der Waals surface area contributed by atoms with E-state index in [1.165, 1.54) is 0 Å². The Bertz CT molecular complexity index is 427. The molecule has 4 unspecified atom stereocenters. The second-order valence-corrected chi connectivity index (χ2v) is 7.57. The van der Waals surface area contributed by atoms with Gasteiger partial charge in [0.1, 0.15) is 11.7 Å². The second-order valence-electron chi connectivity index (χ2n) is 7.57. The molecule has 1 fully saturated rings. The van der Waals surface area contributed by atoms with Crippen molar-refractivity contribution in [2.24, 2.45) is 11.8 Å². The van der Waals surface area contributed by atoms with Crippen LogP contribution in [0.15, 0.2) is 12.7 Å². The normalized spacial score (nSPS) is 23.8. The first-order valence-corrected chi connectivity index (χ1v) is 8.43. The van der Waals surface area contributed by atoms with Crippen molar-refractivity contribution in [3.05, 3.63) is 12.7 Å². The molecule has 0 aromatic rings. The summed E-state index contributed by atoms with van der Waals surface area (Å²) in [6, 6.07) is -0.224. The van der Waals surface area contributed by atoms with Crippen molar-refractivity contribution in [2.75, 3.05) is 0 Å². The molecule has 1 heterocycles. The van der Waals surface area contributed by atoms with Crippen LogP contribution < -0.4 is 5.32 Å². The molecular weight excluding hydrogens is 294 g/mol. The molecule has 0 aromatic heterocycles. The van der Waals surface area contributed by atoms with Crippen LogP contribution in [0.3, 0.4) is 0 Å². The van der Waals surface area contributed by atoms with Gasteiger partial charge in [0.25, 0.3) is 0 Å². The summed E-state index contributed by atoms with van der Waals surface area (Å²) in [6.45, 7) is 13.2. The lowest BCUT2D eigenvalue weighted by atomic mass is 9.92. The zero-order valence-electron chi connectivity index (χ0n) is 15.1. The molecule has 23 heavy (non-hydrogen) atoms. The number of alkyl carbamates (subject to hydrolysis) is 1. The van der Waals surface area contributed by atoms with E-state index in [0.717, 1.165) is 19.3 Å². The molecule has 1 saturated heterocycles. The average Bonchev–Trinajstić information content (AvgIpc) is 2.73. The van der Waals surface area contributed by atoms with E-state index < -0.39 is 11.7 Å². The highest BCUT2D eigenvalue weighted by atomic mass is 16.6. The maximum Gasteiger partial charge on any atom is 0.408 e. The minimum absolute atomic E-state index is 0.119. The molecule has 5 nitrogen and oxygen atoms in total. The molecule has 1 amide bonds. The molecule has 132 valence electrons. The van der Waals surface area contributed by atoms with Gasteiger partial charge in [0.15, 0.2) is 0 Å². The SMILES string of the molecule is C=CCCC(C)CC(NC(=O)OC(C)(C)C)C1CC(C)C(=O)O1. The van der Waals surface area contributed by atoms with Gasteiger partial charge in [-0.2, -0.15) is 0 Å². The highest BCUT2D eigenvalue weighted by Crippen LogP contribution is 2.27. The summed E-state index contributed by atoms with van der Waals surface area (Å²) in [4.78, 5) is 23.8. The van der Waals surface area contributed by atoms with E-state index in [4.69, 9.17) is 9.47 Å². The predicted octanol–water partition coefficient (Wildman–Crippen LogP) is 3.82. The van der Waals surface area contributed by atoms with Gasteiger partial charge in [-0.05, 0) is 52.4 Å². The first-order valence-electron chi connectivity index (χ1n) is 8.43. The van der Waals surface area contributed by atoms with E-state index in [2.05, 4.69) is 18.8 Å². The third-order valence-corrected chi connectivity index (χ3v) is 3.93. The number of rotatable bonds is 7. The lowest BCUT2D eigenvalue weighted by Crippen LogP contribution is -2.46. The summed E-state index contributed by atoms with van der Waals surface area (Å²) >= 11 is 0. The van der Waals surface area contributed by atoms with E-state index in [1.807, 2.05) is 33.8 Å². The maximum absolute atomic E-state index is 12.1. The zero-order valence-corrected chi connectivity index (χ0v) is 15.1. The number of carbonyl (C=O) groups is 2. The zero-order chi connectivity index (χ0) is 17.6. The van der Waals surface area contributed by atoms with Crippen molar-refractivity contribution in [1.82, 2.24) is 5.32 Å². The van der Waals surface area contributed by atoms with Crippen LogP contribution in [0.1, 0.15) is 60.3 Å². The Balaban J connectivity index is 2.70. The van der Waals surface area contributed by atoms with Crippen LogP contribution >= 0.6 is 0 Å². The summed E-state index contributed by atoms with van der Waals surface area (Å²) in [5, 5.41) is 2.90. The Kier molecular flexibility index (Phi) is 7.10. The number of amides is 1. The quantitative estimate of drug-likeness (QED) is 0.571. The van der Waals surface area contributed by atoms with Crippen molar-refractivity contribution < 1.29 is 19.1 Å². The Morgan fingerprint density at radius 1 is 1.52 bits per heavy atom. The molecule has 1 rings (SSSR count). The molecular formula is C18H31NO4. The van der Waals surface area contributed by atoms with Crippen LogP contribution in [0.5, 0.6) is 0 Å². The third-order valence-electron chi connectivity index (χ3n) is 3.93. The molecule has 4 atom stereocenters. The van der Waals surface area contributed by atoms with Gasteiger partial charge in [-0.15, -0.1) is 6.58 Å². The van der Waals surface area contributed by atoms with Crippen molar-refractivity contribution >= 4 is 12.1 Å². The molecule has 1 aliphatic rings. The highest BCUT2D eigenvalue weighted by Gasteiger charge is 2.38. The highest BCUT2D eigenvalue weighted by molar-refractivity contribution is 5.74. The van der Waals surface area contributed by atoms with E-state index in [-0.39, 0.29) is 24.0 Å². The van der Waals surface area contributed by atoms with Crippen molar-refractivity contribution in [3.63, 3.8) is 0 Å². The van der Waals surface area contributed by atoms with E-state index in [1.54, 1.807) is 0 Å². The van der Waals surface area contributed by atoms with Crippen LogP contribution in [-0.4, -0.2) is 29.8 Å². The second kappa shape index (κ2) is 8.37. The Morgan fingerprint density at radius 3 is 2.65 bits per heavy atom. The number of carbonyl (C=O) groups excluding carboxylic acids is 2. The van der Waals surface area contributed by atoms with Gasteiger partial charge in [-0.3, -0.25) is 4.79 Å². The fraction of sp³-hybridized carbons (Fsp3) is 0.778. The fourth-order valence-electron chi connectivity index (χ4n) is 2.72.